The lowest BCUT2D eigenvalue weighted by Gasteiger charge is -2.15. The standard InChI is InChI=1S/C24H25ClN4O5/c1-30-7-9-32-22-12-18-20(13-23(22)33-10-8-31-2)27-15-28-24(18)26-14-16-11-21(29-34-16)17-5-3-4-6-19(17)25/h3-6,11-13,15H,7-10,14H2,1-2H3,(H,26,27,28). The first-order valence-electron chi connectivity index (χ1n) is 10.7. The average molecular weight is 485 g/mol. The van der Waals surface area contributed by atoms with E-state index >= 15 is 0 Å². The highest BCUT2D eigenvalue weighted by Crippen LogP contribution is 2.34. The molecule has 178 valence electrons. The van der Waals surface area contributed by atoms with Gasteiger partial charge in [0.25, 0.3) is 0 Å². The van der Waals surface area contributed by atoms with Crippen molar-refractivity contribution >= 4 is 28.3 Å². The van der Waals surface area contributed by atoms with Crippen LogP contribution < -0.4 is 14.8 Å². The lowest BCUT2D eigenvalue weighted by Crippen LogP contribution is -2.09. The van der Waals surface area contributed by atoms with Crippen LogP contribution in [0.25, 0.3) is 22.2 Å². The molecule has 0 amide bonds. The van der Waals surface area contributed by atoms with Crippen LogP contribution in [-0.2, 0) is 16.0 Å². The fourth-order valence-electron chi connectivity index (χ4n) is 3.26. The van der Waals surface area contributed by atoms with Gasteiger partial charge in [0.2, 0.25) is 0 Å². The SMILES string of the molecule is COCCOc1cc2ncnc(NCc3cc(-c4ccccc4Cl)no3)c2cc1OCCOC. The van der Waals surface area contributed by atoms with Crippen LogP contribution in [0.2, 0.25) is 5.02 Å². The van der Waals surface area contributed by atoms with Gasteiger partial charge in [0, 0.05) is 37.3 Å². The molecule has 4 aromatic rings. The van der Waals surface area contributed by atoms with Crippen molar-refractivity contribution in [2.45, 2.75) is 6.54 Å². The molecule has 2 heterocycles. The summed E-state index contributed by atoms with van der Waals surface area (Å²) >= 11 is 6.27. The second-order valence-electron chi connectivity index (χ2n) is 7.23. The molecule has 1 N–H and O–H groups in total. The Morgan fingerprint density at radius 2 is 1.65 bits per heavy atom. The highest BCUT2D eigenvalue weighted by Gasteiger charge is 2.14. The average Bonchev–Trinajstić information content (AvgIpc) is 3.32. The molecule has 0 radical (unpaired) electrons. The fourth-order valence-corrected chi connectivity index (χ4v) is 3.50. The number of aromatic nitrogens is 3. The van der Waals surface area contributed by atoms with E-state index < -0.39 is 0 Å². The van der Waals surface area contributed by atoms with Gasteiger partial charge >= 0.3 is 0 Å². The summed E-state index contributed by atoms with van der Waals surface area (Å²) in [5, 5.41) is 8.82. The van der Waals surface area contributed by atoms with Crippen molar-refractivity contribution in [3.63, 3.8) is 0 Å². The minimum Gasteiger partial charge on any atom is -0.487 e. The van der Waals surface area contributed by atoms with E-state index in [9.17, 15) is 0 Å². The molecule has 2 aromatic heterocycles. The maximum atomic E-state index is 6.27. The number of nitrogens with zero attached hydrogens (tertiary/aromatic N) is 3. The molecule has 0 aliphatic heterocycles. The van der Waals surface area contributed by atoms with E-state index in [2.05, 4.69) is 20.4 Å². The number of hydrogen-bond acceptors (Lipinski definition) is 9. The molecule has 0 aliphatic rings. The van der Waals surface area contributed by atoms with Gasteiger partial charge in [-0.05, 0) is 12.1 Å². The molecule has 0 saturated carbocycles. The summed E-state index contributed by atoms with van der Waals surface area (Å²) in [6.07, 6.45) is 1.49. The van der Waals surface area contributed by atoms with Crippen molar-refractivity contribution in [3.05, 3.63) is 59.6 Å². The summed E-state index contributed by atoms with van der Waals surface area (Å²) in [5.74, 6) is 2.41. The Kier molecular flexibility index (Phi) is 8.13. The van der Waals surface area contributed by atoms with Crippen LogP contribution in [0.3, 0.4) is 0 Å². The number of fused-ring (bicyclic) bond motifs is 1. The van der Waals surface area contributed by atoms with Gasteiger partial charge in [-0.1, -0.05) is 35.0 Å². The van der Waals surface area contributed by atoms with Gasteiger partial charge in [-0.3, -0.25) is 0 Å². The molecule has 9 nitrogen and oxygen atoms in total. The quantitative estimate of drug-likeness (QED) is 0.289. The molecule has 0 atom stereocenters. The largest absolute Gasteiger partial charge is 0.487 e. The number of halogens is 1. The summed E-state index contributed by atoms with van der Waals surface area (Å²) in [6.45, 7) is 2.04. The molecular weight excluding hydrogens is 460 g/mol. The molecular formula is C24H25ClN4O5. The highest BCUT2D eigenvalue weighted by atomic mass is 35.5. The monoisotopic (exact) mass is 484 g/mol. The van der Waals surface area contributed by atoms with E-state index in [0.717, 1.165) is 10.9 Å². The first kappa shape index (κ1) is 23.7. The van der Waals surface area contributed by atoms with E-state index in [-0.39, 0.29) is 0 Å². The lowest BCUT2D eigenvalue weighted by molar-refractivity contribution is 0.132. The molecule has 10 heteroatoms. The third kappa shape index (κ3) is 5.74. The molecule has 0 saturated heterocycles. The first-order chi connectivity index (χ1) is 16.7. The molecule has 0 spiro atoms. The van der Waals surface area contributed by atoms with E-state index in [4.69, 9.17) is 35.1 Å². The minimum atomic E-state index is 0.371. The van der Waals surface area contributed by atoms with E-state index in [1.807, 2.05) is 42.5 Å². The Morgan fingerprint density at radius 3 is 2.38 bits per heavy atom. The van der Waals surface area contributed by atoms with Crippen LogP contribution in [0.4, 0.5) is 5.82 Å². The van der Waals surface area contributed by atoms with Crippen molar-refractivity contribution in [2.24, 2.45) is 0 Å². The smallest absolute Gasteiger partial charge is 0.163 e. The van der Waals surface area contributed by atoms with Gasteiger partial charge in [0.15, 0.2) is 17.3 Å². The number of rotatable bonds is 12. The number of ether oxygens (including phenoxy) is 4. The van der Waals surface area contributed by atoms with Crippen LogP contribution in [0.15, 0.2) is 53.3 Å². The maximum absolute atomic E-state index is 6.27. The normalized spacial score (nSPS) is 11.0. The summed E-state index contributed by atoms with van der Waals surface area (Å²) < 4.78 is 27.4. The highest BCUT2D eigenvalue weighted by molar-refractivity contribution is 6.33. The second-order valence-corrected chi connectivity index (χ2v) is 7.64. The van der Waals surface area contributed by atoms with Gasteiger partial charge < -0.3 is 28.8 Å². The zero-order chi connectivity index (χ0) is 23.8. The predicted molar refractivity (Wildman–Crippen MR) is 129 cm³/mol. The van der Waals surface area contributed by atoms with Gasteiger partial charge in [-0.25, -0.2) is 9.97 Å². The molecule has 0 bridgehead atoms. The molecule has 4 rings (SSSR count). The number of anilines is 1. The van der Waals surface area contributed by atoms with E-state index in [1.54, 1.807) is 14.2 Å². The third-order valence-corrected chi connectivity index (χ3v) is 5.26. The Bertz CT molecular complexity index is 1230. The third-order valence-electron chi connectivity index (χ3n) is 4.93. The zero-order valence-corrected chi connectivity index (χ0v) is 19.7. The van der Waals surface area contributed by atoms with Crippen molar-refractivity contribution in [1.29, 1.82) is 0 Å². The van der Waals surface area contributed by atoms with Crippen LogP contribution in [-0.4, -0.2) is 55.8 Å². The first-order valence-corrected chi connectivity index (χ1v) is 11.0. The minimum absolute atomic E-state index is 0.371. The molecule has 2 aromatic carbocycles. The summed E-state index contributed by atoms with van der Waals surface area (Å²) in [4.78, 5) is 8.78. The molecule has 0 fully saturated rings. The Morgan fingerprint density at radius 1 is 0.912 bits per heavy atom. The number of hydrogen-bond donors (Lipinski definition) is 1. The Labute approximate surface area is 201 Å². The maximum Gasteiger partial charge on any atom is 0.163 e. The molecule has 0 unspecified atom stereocenters. The zero-order valence-electron chi connectivity index (χ0n) is 18.9. The van der Waals surface area contributed by atoms with E-state index in [1.165, 1.54) is 6.33 Å². The van der Waals surface area contributed by atoms with Crippen molar-refractivity contribution in [1.82, 2.24) is 15.1 Å². The lowest BCUT2D eigenvalue weighted by atomic mass is 10.1. The summed E-state index contributed by atoms with van der Waals surface area (Å²) in [6, 6.07) is 13.0. The van der Waals surface area contributed by atoms with Gasteiger partial charge in [-0.15, -0.1) is 0 Å². The van der Waals surface area contributed by atoms with Gasteiger partial charge in [-0.2, -0.15) is 0 Å². The van der Waals surface area contributed by atoms with Crippen LogP contribution in [0, 0.1) is 0 Å². The Hall–Kier alpha value is -3.40. The molecule has 34 heavy (non-hydrogen) atoms. The molecule has 0 aliphatic carbocycles. The van der Waals surface area contributed by atoms with Crippen molar-refractivity contribution in [3.8, 4) is 22.8 Å². The number of benzene rings is 2. The topological polar surface area (TPSA) is 101 Å². The van der Waals surface area contributed by atoms with Gasteiger partial charge in [0.1, 0.15) is 31.1 Å². The number of methoxy groups -OCH3 is 2. The fraction of sp³-hybridized carbons (Fsp3) is 0.292. The number of nitrogens with one attached hydrogen (secondary N) is 1. The van der Waals surface area contributed by atoms with Crippen LogP contribution >= 0.6 is 11.6 Å². The van der Waals surface area contributed by atoms with Gasteiger partial charge in [0.05, 0.1) is 30.3 Å². The van der Waals surface area contributed by atoms with Crippen LogP contribution in [0.5, 0.6) is 11.5 Å². The summed E-state index contributed by atoms with van der Waals surface area (Å²) in [7, 11) is 3.24. The van der Waals surface area contributed by atoms with Crippen molar-refractivity contribution < 1.29 is 23.5 Å². The Balaban J connectivity index is 1.55. The predicted octanol–water partition coefficient (Wildman–Crippen LogP) is 4.60. The van der Waals surface area contributed by atoms with Crippen molar-refractivity contribution in [2.75, 3.05) is 46.0 Å². The van der Waals surface area contributed by atoms with Crippen LogP contribution in [0.1, 0.15) is 5.76 Å². The second kappa shape index (κ2) is 11.6. The summed E-state index contributed by atoms with van der Waals surface area (Å²) in [5.41, 5.74) is 2.19. The van der Waals surface area contributed by atoms with E-state index in [0.29, 0.717) is 72.3 Å².